The maximum Gasteiger partial charge on any atom is 0.417 e. The van der Waals surface area contributed by atoms with E-state index in [2.05, 4.69) is 153 Å². The van der Waals surface area contributed by atoms with Crippen molar-refractivity contribution < 1.29 is 4.74 Å². The predicted octanol–water partition coefficient (Wildman–Crippen LogP) is 9.35. The number of fused-ring (bicyclic) bond motifs is 8. The van der Waals surface area contributed by atoms with Gasteiger partial charge < -0.3 is 14.0 Å². The van der Waals surface area contributed by atoms with Gasteiger partial charge in [-0.1, -0.05) is 58.0 Å². The maximum atomic E-state index is 6.69. The molecule has 4 aromatic carbocycles. The lowest BCUT2D eigenvalue weighted by Crippen LogP contribution is -2.56. The highest BCUT2D eigenvalue weighted by Crippen LogP contribution is 2.40. The van der Waals surface area contributed by atoms with Crippen molar-refractivity contribution in [1.82, 2.24) is 28.4 Å². The van der Waals surface area contributed by atoms with Gasteiger partial charge in [-0.15, -0.1) is 0 Å². The normalized spacial score (nSPS) is 12.9. The number of para-hydroxylation sites is 1. The van der Waals surface area contributed by atoms with Crippen LogP contribution in [0, 0.1) is 20.8 Å². The summed E-state index contributed by atoms with van der Waals surface area (Å²) in [5.41, 5.74) is 13.8. The Morgan fingerprint density at radius 1 is 0.712 bits per heavy atom. The third-order valence-corrected chi connectivity index (χ3v) is 10.9. The van der Waals surface area contributed by atoms with Crippen LogP contribution in [-0.2, 0) is 0 Å². The molecule has 0 spiro atoms. The monoisotopic (exact) mass is 683 g/mol. The second kappa shape index (κ2) is 11.9. The topological polar surface area (TPSA) is 65.4 Å². The number of aromatic nitrogens is 6. The predicted molar refractivity (Wildman–Crippen MR) is 213 cm³/mol. The van der Waals surface area contributed by atoms with Gasteiger partial charge in [0.25, 0.3) is 0 Å². The van der Waals surface area contributed by atoms with Crippen molar-refractivity contribution in [3.63, 3.8) is 0 Å². The quantitative estimate of drug-likeness (QED) is 0.164. The minimum atomic E-state index is -0.0132. The van der Waals surface area contributed by atoms with E-state index in [0.717, 1.165) is 73.4 Å². The van der Waals surface area contributed by atoms with Crippen molar-refractivity contribution in [3.05, 3.63) is 125 Å². The third-order valence-electron chi connectivity index (χ3n) is 10.9. The molecule has 4 aromatic heterocycles. The van der Waals surface area contributed by atoms with E-state index < -0.39 is 0 Å². The van der Waals surface area contributed by atoms with Crippen LogP contribution >= 0.6 is 0 Å². The summed E-state index contributed by atoms with van der Waals surface area (Å²) in [5, 5.41) is 0. The summed E-state index contributed by atoms with van der Waals surface area (Å²) in [5.74, 6) is 4.85. The molecule has 0 N–H and O–H groups in total. The number of nitrogens with zero attached hydrogens (tertiary/aromatic N) is 7. The smallest absolute Gasteiger partial charge is 0.417 e. The van der Waals surface area contributed by atoms with Crippen molar-refractivity contribution in [2.75, 3.05) is 11.9 Å². The Kier molecular flexibility index (Phi) is 7.33. The molecule has 52 heavy (non-hydrogen) atoms. The maximum absolute atomic E-state index is 6.69. The fourth-order valence-corrected chi connectivity index (χ4v) is 8.09. The van der Waals surface area contributed by atoms with Crippen LogP contribution in [0.5, 0.6) is 11.5 Å². The van der Waals surface area contributed by atoms with E-state index >= 15 is 0 Å². The number of benzene rings is 4. The molecule has 9 rings (SSSR count). The van der Waals surface area contributed by atoms with Crippen molar-refractivity contribution >= 4 is 46.0 Å². The Hall–Kier alpha value is -5.83. The molecule has 0 unspecified atom stereocenters. The molecule has 9 heteroatoms. The highest BCUT2D eigenvalue weighted by molar-refractivity contribution is 6.77. The highest BCUT2D eigenvalue weighted by atomic mass is 16.5. The number of hydrogen-bond donors (Lipinski definition) is 0. The van der Waals surface area contributed by atoms with Gasteiger partial charge in [0.2, 0.25) is 5.78 Å². The van der Waals surface area contributed by atoms with Gasteiger partial charge >= 0.3 is 6.98 Å². The molecule has 0 bridgehead atoms. The summed E-state index contributed by atoms with van der Waals surface area (Å²) in [6.07, 6.45) is 5.96. The van der Waals surface area contributed by atoms with E-state index in [0.29, 0.717) is 11.8 Å². The van der Waals surface area contributed by atoms with Gasteiger partial charge in [0.05, 0.1) is 22.1 Å². The number of anilines is 1. The molecule has 0 radical (unpaired) electrons. The molecule has 0 saturated carbocycles. The van der Waals surface area contributed by atoms with Gasteiger partial charge in [-0.2, -0.15) is 0 Å². The second-order valence-electron chi connectivity index (χ2n) is 14.9. The lowest BCUT2D eigenvalue weighted by atomic mass is 9.58. The van der Waals surface area contributed by atoms with Crippen molar-refractivity contribution in [1.29, 1.82) is 0 Å². The Morgan fingerprint density at radius 2 is 1.44 bits per heavy atom. The molecule has 1 aliphatic heterocycles. The van der Waals surface area contributed by atoms with Gasteiger partial charge in [0.15, 0.2) is 0 Å². The van der Waals surface area contributed by atoms with E-state index in [1.54, 1.807) is 0 Å². The Bertz CT molecular complexity index is 2670. The first-order chi connectivity index (χ1) is 25.1. The second-order valence-corrected chi connectivity index (χ2v) is 14.9. The first-order valence-corrected chi connectivity index (χ1v) is 18.2. The summed E-state index contributed by atoms with van der Waals surface area (Å²) in [6.45, 7) is 15.4. The lowest BCUT2D eigenvalue weighted by molar-refractivity contribution is 0.483. The minimum Gasteiger partial charge on any atom is -0.457 e. The van der Waals surface area contributed by atoms with E-state index in [9.17, 15) is 0 Å². The molecule has 0 aliphatic carbocycles. The van der Waals surface area contributed by atoms with E-state index in [-0.39, 0.29) is 6.98 Å². The van der Waals surface area contributed by atoms with Gasteiger partial charge in [-0.05, 0) is 115 Å². The average Bonchev–Trinajstić information content (AvgIpc) is 3.84. The zero-order chi connectivity index (χ0) is 36.0. The molecular weight excluding hydrogens is 641 g/mol. The molecule has 8 aromatic rings. The fourth-order valence-electron chi connectivity index (χ4n) is 8.09. The Morgan fingerprint density at radius 3 is 2.19 bits per heavy atom. The van der Waals surface area contributed by atoms with Crippen LogP contribution in [0.4, 0.5) is 5.69 Å². The molecule has 0 atom stereocenters. The molecule has 1 aliphatic rings. The lowest BCUT2D eigenvalue weighted by Gasteiger charge is -2.37. The van der Waals surface area contributed by atoms with Crippen molar-refractivity contribution in [2.24, 2.45) is 0 Å². The number of ether oxygens (including phenoxy) is 1. The molecule has 258 valence electrons. The van der Waals surface area contributed by atoms with Crippen LogP contribution in [-0.4, -0.2) is 42.4 Å². The largest absolute Gasteiger partial charge is 0.457 e. The van der Waals surface area contributed by atoms with E-state index in [4.69, 9.17) is 19.7 Å². The van der Waals surface area contributed by atoms with Gasteiger partial charge in [0, 0.05) is 35.9 Å². The molecular formula is C43H42BN7O. The standard InChI is InChI=1S/C43H42BN7O/c1-25(2)32-12-10-13-33(26(3)4)40(32)44-48(8)35-17-15-30(22-34(35)42-45-19-20-49(42)44)52-31-16-18-36-38(23-31)51(39-21-28(6)29(7)24-46-39)43-47-41-27(5)11-9-14-37(41)50(36)43/h9-26H,1-8H3. The van der Waals surface area contributed by atoms with Crippen LogP contribution < -0.4 is 15.0 Å². The SMILES string of the molecule is Cc1cnc(-n2c3cc(Oc4ccc5c(c4)-c4nccn4B(c4c(C(C)C)cccc4C(C)C)N5C)ccc3n3c4cccc(C)c4nc23)cc1C. The van der Waals surface area contributed by atoms with Crippen molar-refractivity contribution in [3.8, 4) is 28.7 Å². The zero-order valence-corrected chi connectivity index (χ0v) is 31.0. The third kappa shape index (κ3) is 4.79. The van der Waals surface area contributed by atoms with Crippen molar-refractivity contribution in [2.45, 2.75) is 60.3 Å². The molecule has 8 nitrogen and oxygen atoms in total. The first kappa shape index (κ1) is 32.1. The zero-order valence-electron chi connectivity index (χ0n) is 31.0. The number of pyridine rings is 1. The van der Waals surface area contributed by atoms with E-state index in [1.807, 2.05) is 18.5 Å². The average molecular weight is 684 g/mol. The first-order valence-electron chi connectivity index (χ1n) is 18.2. The van der Waals surface area contributed by atoms with Crippen LogP contribution in [0.1, 0.15) is 67.3 Å². The summed E-state index contributed by atoms with van der Waals surface area (Å²) < 4.78 is 13.4. The van der Waals surface area contributed by atoms with Crippen LogP contribution in [0.15, 0.2) is 97.5 Å². The molecule has 5 heterocycles. The Balaban J connectivity index is 1.15. The summed E-state index contributed by atoms with van der Waals surface area (Å²) in [6, 6.07) is 27.9. The van der Waals surface area contributed by atoms with Crippen LogP contribution in [0.2, 0.25) is 0 Å². The molecule has 0 amide bonds. The number of rotatable bonds is 6. The van der Waals surface area contributed by atoms with E-state index in [1.165, 1.54) is 22.2 Å². The van der Waals surface area contributed by atoms with Gasteiger partial charge in [0.1, 0.15) is 23.1 Å². The number of imidazole rings is 3. The highest BCUT2D eigenvalue weighted by Gasteiger charge is 2.38. The van der Waals surface area contributed by atoms with Gasteiger partial charge in [-0.3, -0.25) is 8.97 Å². The summed E-state index contributed by atoms with van der Waals surface area (Å²) in [4.78, 5) is 17.3. The fraction of sp³-hybridized carbons (Fsp3) is 0.233. The molecule has 0 saturated heterocycles. The van der Waals surface area contributed by atoms with Gasteiger partial charge in [-0.25, -0.2) is 15.0 Å². The number of hydrogen-bond acceptors (Lipinski definition) is 5. The summed E-state index contributed by atoms with van der Waals surface area (Å²) >= 11 is 0. The minimum absolute atomic E-state index is 0.0132. The molecule has 0 fully saturated rings. The van der Waals surface area contributed by atoms with Crippen LogP contribution in [0.25, 0.3) is 45.1 Å². The Labute approximate surface area is 304 Å². The number of aryl methyl sites for hydroxylation is 3. The van der Waals surface area contributed by atoms with Crippen LogP contribution in [0.3, 0.4) is 0 Å². The summed E-state index contributed by atoms with van der Waals surface area (Å²) in [7, 11) is 2.19.